The van der Waals surface area contributed by atoms with Gasteiger partial charge in [-0.05, 0) is 75.0 Å². The zero-order valence-electron chi connectivity index (χ0n) is 19.5. The molecule has 2 aromatic rings. The molecule has 0 aliphatic carbocycles. The van der Waals surface area contributed by atoms with Crippen molar-refractivity contribution in [2.24, 2.45) is 0 Å². The Morgan fingerprint density at radius 2 is 1.71 bits per heavy atom. The normalized spacial score (nSPS) is 18.2. The highest BCUT2D eigenvalue weighted by Gasteiger charge is 2.42. The molecule has 2 heterocycles. The first-order valence-electron chi connectivity index (χ1n) is 12.2. The molecule has 1 amide bonds. The van der Waals surface area contributed by atoms with Crippen molar-refractivity contribution in [3.63, 3.8) is 0 Å². The van der Waals surface area contributed by atoms with Crippen LogP contribution in [0.25, 0.3) is 0 Å². The van der Waals surface area contributed by atoms with Crippen LogP contribution >= 0.6 is 0 Å². The first-order valence-corrected chi connectivity index (χ1v) is 12.2. The molecule has 2 aliphatic heterocycles. The molecule has 0 radical (unpaired) electrons. The number of likely N-dealkylation sites (tertiary alicyclic amines) is 1. The molecule has 8 heteroatoms. The molecule has 0 aromatic heterocycles. The number of non-ortho nitro benzene ring substituents is 1. The van der Waals surface area contributed by atoms with Crippen molar-refractivity contribution in [1.29, 1.82) is 0 Å². The van der Waals surface area contributed by atoms with Gasteiger partial charge >= 0.3 is 0 Å². The SMILES string of the molecule is O=C(Nc1ccc(OCCCN2CCCCC2)cc1)C1(c2ccc([N+](=O)[O-])cc2)CCOCC1. The Hall–Kier alpha value is -2.97. The number of piperidine rings is 1. The number of nitrogens with one attached hydrogen (secondary N) is 1. The minimum Gasteiger partial charge on any atom is -0.494 e. The quantitative estimate of drug-likeness (QED) is 0.331. The van der Waals surface area contributed by atoms with Crippen molar-refractivity contribution in [3.8, 4) is 5.75 Å². The van der Waals surface area contributed by atoms with Crippen LogP contribution in [0, 0.1) is 10.1 Å². The highest BCUT2D eigenvalue weighted by molar-refractivity contribution is 5.99. The number of nitrogens with zero attached hydrogens (tertiary/aromatic N) is 2. The minimum absolute atomic E-state index is 0.0119. The van der Waals surface area contributed by atoms with Crippen LogP contribution in [0.2, 0.25) is 0 Å². The number of carbonyl (C=O) groups excluding carboxylic acids is 1. The Bertz CT molecular complexity index is 949. The molecule has 0 saturated carbocycles. The number of nitro groups is 1. The maximum absolute atomic E-state index is 13.4. The number of amides is 1. The van der Waals surface area contributed by atoms with Crippen LogP contribution in [0.3, 0.4) is 0 Å². The van der Waals surface area contributed by atoms with E-state index < -0.39 is 10.3 Å². The molecule has 2 aromatic carbocycles. The fourth-order valence-corrected chi connectivity index (χ4v) is 4.82. The Labute approximate surface area is 200 Å². The van der Waals surface area contributed by atoms with Gasteiger partial charge in [0.15, 0.2) is 0 Å². The van der Waals surface area contributed by atoms with Gasteiger partial charge in [-0.15, -0.1) is 0 Å². The lowest BCUT2D eigenvalue weighted by Gasteiger charge is -2.36. The lowest BCUT2D eigenvalue weighted by molar-refractivity contribution is -0.384. The van der Waals surface area contributed by atoms with E-state index in [9.17, 15) is 14.9 Å². The van der Waals surface area contributed by atoms with Crippen molar-refractivity contribution >= 4 is 17.3 Å². The third-order valence-corrected chi connectivity index (χ3v) is 6.86. The third kappa shape index (κ3) is 5.93. The molecule has 182 valence electrons. The van der Waals surface area contributed by atoms with Gasteiger partial charge in [-0.2, -0.15) is 0 Å². The minimum atomic E-state index is -0.781. The van der Waals surface area contributed by atoms with Gasteiger partial charge in [-0.25, -0.2) is 0 Å². The predicted octanol–water partition coefficient (Wildman–Crippen LogP) is 4.54. The molecule has 1 N–H and O–H groups in total. The highest BCUT2D eigenvalue weighted by atomic mass is 16.6. The Morgan fingerprint density at radius 3 is 2.35 bits per heavy atom. The molecule has 2 aliphatic rings. The Balaban J connectivity index is 1.34. The second kappa shape index (κ2) is 11.4. The summed E-state index contributed by atoms with van der Waals surface area (Å²) in [7, 11) is 0. The molecule has 0 spiro atoms. The van der Waals surface area contributed by atoms with Crippen molar-refractivity contribution in [3.05, 3.63) is 64.2 Å². The van der Waals surface area contributed by atoms with Crippen LogP contribution in [0.15, 0.2) is 48.5 Å². The van der Waals surface area contributed by atoms with Crippen molar-refractivity contribution in [2.45, 2.75) is 43.9 Å². The van der Waals surface area contributed by atoms with Gasteiger partial charge in [-0.1, -0.05) is 18.6 Å². The van der Waals surface area contributed by atoms with Crippen LogP contribution in [0.4, 0.5) is 11.4 Å². The first-order chi connectivity index (χ1) is 16.6. The summed E-state index contributed by atoms with van der Waals surface area (Å²) >= 11 is 0. The molecular weight excluding hydrogens is 434 g/mol. The fraction of sp³-hybridized carbons (Fsp3) is 0.500. The van der Waals surface area contributed by atoms with E-state index in [1.165, 1.54) is 44.5 Å². The maximum Gasteiger partial charge on any atom is 0.269 e. The second-order valence-corrected chi connectivity index (χ2v) is 9.08. The second-order valence-electron chi connectivity index (χ2n) is 9.08. The molecule has 4 rings (SSSR count). The number of hydrogen-bond acceptors (Lipinski definition) is 6. The molecule has 0 unspecified atom stereocenters. The van der Waals surface area contributed by atoms with Gasteiger partial charge < -0.3 is 19.7 Å². The number of nitro benzene ring substituents is 1. The van der Waals surface area contributed by atoms with E-state index in [1.807, 2.05) is 24.3 Å². The summed E-state index contributed by atoms with van der Waals surface area (Å²) in [6.07, 6.45) is 5.99. The Kier molecular flexibility index (Phi) is 8.13. The summed E-state index contributed by atoms with van der Waals surface area (Å²) in [6.45, 7) is 5.07. The van der Waals surface area contributed by atoms with E-state index in [4.69, 9.17) is 9.47 Å². The van der Waals surface area contributed by atoms with Crippen LogP contribution in [0.5, 0.6) is 5.75 Å². The number of carbonyl (C=O) groups is 1. The lowest BCUT2D eigenvalue weighted by atomic mass is 9.73. The Morgan fingerprint density at radius 1 is 1.03 bits per heavy atom. The zero-order valence-corrected chi connectivity index (χ0v) is 19.5. The number of benzene rings is 2. The smallest absolute Gasteiger partial charge is 0.269 e. The average molecular weight is 468 g/mol. The van der Waals surface area contributed by atoms with Crippen molar-refractivity contribution < 1.29 is 19.2 Å². The molecule has 2 saturated heterocycles. The molecule has 0 atom stereocenters. The largest absolute Gasteiger partial charge is 0.494 e. The van der Waals surface area contributed by atoms with Crippen molar-refractivity contribution in [2.75, 3.05) is 44.8 Å². The zero-order chi connectivity index (χ0) is 23.8. The van der Waals surface area contributed by atoms with Gasteiger partial charge in [0.05, 0.1) is 16.9 Å². The fourth-order valence-electron chi connectivity index (χ4n) is 4.82. The van der Waals surface area contributed by atoms with E-state index in [0.29, 0.717) is 38.3 Å². The molecule has 2 fully saturated rings. The van der Waals surface area contributed by atoms with Gasteiger partial charge in [0.1, 0.15) is 5.75 Å². The molecule has 34 heavy (non-hydrogen) atoms. The van der Waals surface area contributed by atoms with E-state index >= 15 is 0 Å². The number of ether oxygens (including phenoxy) is 2. The van der Waals surface area contributed by atoms with Crippen LogP contribution in [0.1, 0.15) is 44.1 Å². The van der Waals surface area contributed by atoms with Gasteiger partial charge in [0.25, 0.3) is 5.69 Å². The van der Waals surface area contributed by atoms with E-state index in [-0.39, 0.29) is 11.6 Å². The van der Waals surface area contributed by atoms with Crippen LogP contribution in [-0.2, 0) is 14.9 Å². The molecular formula is C26H33N3O5. The maximum atomic E-state index is 13.4. The molecule has 0 bridgehead atoms. The third-order valence-electron chi connectivity index (χ3n) is 6.86. The van der Waals surface area contributed by atoms with E-state index in [2.05, 4.69) is 10.2 Å². The monoisotopic (exact) mass is 467 g/mol. The van der Waals surface area contributed by atoms with Crippen LogP contribution in [-0.4, -0.2) is 55.2 Å². The van der Waals surface area contributed by atoms with Gasteiger partial charge in [-0.3, -0.25) is 14.9 Å². The molecule has 8 nitrogen and oxygen atoms in total. The van der Waals surface area contributed by atoms with Crippen LogP contribution < -0.4 is 10.1 Å². The average Bonchev–Trinajstić information content (AvgIpc) is 2.88. The topological polar surface area (TPSA) is 93.9 Å². The summed E-state index contributed by atoms with van der Waals surface area (Å²) in [5, 5.41) is 14.1. The first kappa shape index (κ1) is 24.2. The van der Waals surface area contributed by atoms with Gasteiger partial charge in [0, 0.05) is 37.6 Å². The van der Waals surface area contributed by atoms with Crippen molar-refractivity contribution in [1.82, 2.24) is 4.90 Å². The summed E-state index contributed by atoms with van der Waals surface area (Å²) in [6, 6.07) is 13.7. The number of anilines is 1. The highest BCUT2D eigenvalue weighted by Crippen LogP contribution is 2.37. The number of hydrogen-bond donors (Lipinski definition) is 1. The van der Waals surface area contributed by atoms with E-state index in [0.717, 1.165) is 24.3 Å². The number of rotatable bonds is 9. The lowest BCUT2D eigenvalue weighted by Crippen LogP contribution is -2.44. The van der Waals surface area contributed by atoms with Gasteiger partial charge in [0.2, 0.25) is 5.91 Å². The summed E-state index contributed by atoms with van der Waals surface area (Å²) in [5.74, 6) is 0.660. The predicted molar refractivity (Wildman–Crippen MR) is 130 cm³/mol. The summed E-state index contributed by atoms with van der Waals surface area (Å²) in [5.41, 5.74) is 0.695. The summed E-state index contributed by atoms with van der Waals surface area (Å²) < 4.78 is 11.4. The van der Waals surface area contributed by atoms with E-state index in [1.54, 1.807) is 12.1 Å². The standard InChI is InChI=1S/C26H33N3O5/c30-25(26(13-19-33-20-14-26)21-5-9-23(10-6-21)29(31)32)27-22-7-11-24(12-8-22)34-18-4-17-28-15-2-1-3-16-28/h5-12H,1-4,13-20H2,(H,27,30). The summed E-state index contributed by atoms with van der Waals surface area (Å²) in [4.78, 5) is 26.5.